The molecule has 0 spiro atoms. The third-order valence-corrected chi connectivity index (χ3v) is 4.45. The predicted octanol–water partition coefficient (Wildman–Crippen LogP) is 2.47. The van der Waals surface area contributed by atoms with Crippen molar-refractivity contribution in [3.05, 3.63) is 0 Å². The maximum atomic E-state index is 12.0. The van der Waals surface area contributed by atoms with E-state index in [1.807, 2.05) is 6.92 Å². The van der Waals surface area contributed by atoms with Crippen molar-refractivity contribution in [1.29, 1.82) is 0 Å². The van der Waals surface area contributed by atoms with Crippen molar-refractivity contribution >= 4 is 11.9 Å². The molecular formula is C14H23NO3. The molecule has 0 aromatic rings. The van der Waals surface area contributed by atoms with Gasteiger partial charge in [0.05, 0.1) is 5.41 Å². The van der Waals surface area contributed by atoms with Gasteiger partial charge in [-0.1, -0.05) is 25.7 Å². The summed E-state index contributed by atoms with van der Waals surface area (Å²) in [6, 6.07) is 0. The number of hydrogen-bond acceptors (Lipinski definition) is 2. The Morgan fingerprint density at radius 3 is 2.06 bits per heavy atom. The van der Waals surface area contributed by atoms with Gasteiger partial charge >= 0.3 is 5.97 Å². The van der Waals surface area contributed by atoms with Crippen LogP contribution in [-0.2, 0) is 9.59 Å². The summed E-state index contributed by atoms with van der Waals surface area (Å²) in [6.45, 7) is 2.02. The Labute approximate surface area is 108 Å². The Kier molecular flexibility index (Phi) is 3.64. The summed E-state index contributed by atoms with van der Waals surface area (Å²) in [5.41, 5.74) is -0.868. The van der Waals surface area contributed by atoms with E-state index in [9.17, 15) is 14.7 Å². The summed E-state index contributed by atoms with van der Waals surface area (Å²) in [5.74, 6) is -0.875. The van der Waals surface area contributed by atoms with E-state index in [0.717, 1.165) is 38.5 Å². The molecule has 2 aliphatic rings. The molecule has 0 aromatic carbocycles. The minimum Gasteiger partial charge on any atom is -0.481 e. The zero-order valence-electron chi connectivity index (χ0n) is 11.1. The van der Waals surface area contributed by atoms with Crippen molar-refractivity contribution in [1.82, 2.24) is 5.32 Å². The number of rotatable bonds is 4. The van der Waals surface area contributed by atoms with Gasteiger partial charge in [-0.05, 0) is 32.6 Å². The lowest BCUT2D eigenvalue weighted by Gasteiger charge is -2.28. The van der Waals surface area contributed by atoms with Gasteiger partial charge in [-0.3, -0.25) is 9.59 Å². The van der Waals surface area contributed by atoms with Crippen molar-refractivity contribution in [2.75, 3.05) is 0 Å². The molecule has 0 bridgehead atoms. The zero-order chi connectivity index (χ0) is 13.2. The number of carbonyl (C=O) groups excluding carboxylic acids is 1. The number of carboxylic acid groups (broad SMARTS) is 1. The lowest BCUT2D eigenvalue weighted by molar-refractivity contribution is -0.153. The Hall–Kier alpha value is -1.06. The molecule has 0 aromatic heterocycles. The smallest absolute Gasteiger partial charge is 0.310 e. The molecule has 4 heteroatoms. The van der Waals surface area contributed by atoms with Crippen molar-refractivity contribution in [2.24, 2.45) is 5.41 Å². The van der Waals surface area contributed by atoms with E-state index in [4.69, 9.17) is 0 Å². The van der Waals surface area contributed by atoms with E-state index < -0.39 is 11.4 Å². The summed E-state index contributed by atoms with van der Waals surface area (Å²) < 4.78 is 0. The zero-order valence-corrected chi connectivity index (χ0v) is 11.1. The van der Waals surface area contributed by atoms with Crippen LogP contribution < -0.4 is 5.32 Å². The van der Waals surface area contributed by atoms with Crippen LogP contribution in [0.25, 0.3) is 0 Å². The van der Waals surface area contributed by atoms with Crippen LogP contribution >= 0.6 is 0 Å². The van der Waals surface area contributed by atoms with Gasteiger partial charge < -0.3 is 10.4 Å². The number of carboxylic acids is 1. The lowest BCUT2D eigenvalue weighted by Crippen LogP contribution is -2.41. The van der Waals surface area contributed by atoms with Crippen LogP contribution in [0.15, 0.2) is 0 Å². The fraction of sp³-hybridized carbons (Fsp3) is 0.857. The van der Waals surface area contributed by atoms with Crippen molar-refractivity contribution < 1.29 is 14.7 Å². The van der Waals surface area contributed by atoms with E-state index in [2.05, 4.69) is 5.32 Å². The number of aliphatic carboxylic acids is 1. The largest absolute Gasteiger partial charge is 0.481 e. The molecule has 2 rings (SSSR count). The van der Waals surface area contributed by atoms with Crippen LogP contribution in [0.3, 0.4) is 0 Å². The third-order valence-electron chi connectivity index (χ3n) is 4.45. The van der Waals surface area contributed by atoms with Crippen molar-refractivity contribution in [3.63, 3.8) is 0 Å². The normalized spacial score (nSPS) is 24.9. The van der Waals surface area contributed by atoms with Gasteiger partial charge in [0.2, 0.25) is 5.91 Å². The number of nitrogens with one attached hydrogen (secondary N) is 1. The van der Waals surface area contributed by atoms with Crippen LogP contribution in [-0.4, -0.2) is 22.5 Å². The summed E-state index contributed by atoms with van der Waals surface area (Å²) in [6.07, 6.45) is 7.50. The van der Waals surface area contributed by atoms with E-state index in [1.54, 1.807) is 0 Å². The van der Waals surface area contributed by atoms with Gasteiger partial charge in [0.25, 0.3) is 0 Å². The molecule has 0 aliphatic heterocycles. The van der Waals surface area contributed by atoms with Crippen LogP contribution in [0.5, 0.6) is 0 Å². The van der Waals surface area contributed by atoms with Crippen LogP contribution in [0.2, 0.25) is 0 Å². The number of hydrogen-bond donors (Lipinski definition) is 2. The molecule has 0 radical (unpaired) electrons. The summed E-state index contributed by atoms with van der Waals surface area (Å²) in [7, 11) is 0. The average Bonchev–Trinajstić information content (AvgIpc) is 3.03. The first-order chi connectivity index (χ1) is 8.46. The molecule has 2 N–H and O–H groups in total. The minimum absolute atomic E-state index is 0.0541. The molecule has 18 heavy (non-hydrogen) atoms. The maximum absolute atomic E-state index is 12.0. The Balaban J connectivity index is 2.00. The first kappa shape index (κ1) is 13.4. The second-order valence-corrected chi connectivity index (χ2v) is 6.29. The second kappa shape index (κ2) is 4.90. The predicted molar refractivity (Wildman–Crippen MR) is 68.2 cm³/mol. The molecule has 2 fully saturated rings. The first-order valence-electron chi connectivity index (χ1n) is 7.00. The van der Waals surface area contributed by atoms with Gasteiger partial charge in [-0.2, -0.15) is 0 Å². The van der Waals surface area contributed by atoms with Gasteiger partial charge in [-0.15, -0.1) is 0 Å². The molecule has 4 nitrogen and oxygen atoms in total. The summed E-state index contributed by atoms with van der Waals surface area (Å²) in [5, 5.41) is 12.5. The summed E-state index contributed by atoms with van der Waals surface area (Å²) in [4.78, 5) is 23.6. The van der Waals surface area contributed by atoms with Crippen LogP contribution in [0, 0.1) is 5.41 Å². The number of carbonyl (C=O) groups is 2. The molecule has 0 heterocycles. The molecule has 102 valence electrons. The van der Waals surface area contributed by atoms with Gasteiger partial charge in [0.15, 0.2) is 0 Å². The van der Waals surface area contributed by atoms with Gasteiger partial charge in [0, 0.05) is 12.0 Å². The van der Waals surface area contributed by atoms with Crippen LogP contribution in [0.1, 0.15) is 64.7 Å². The topological polar surface area (TPSA) is 66.4 Å². The van der Waals surface area contributed by atoms with Gasteiger partial charge in [-0.25, -0.2) is 0 Å². The van der Waals surface area contributed by atoms with E-state index in [1.165, 1.54) is 0 Å². The first-order valence-corrected chi connectivity index (χ1v) is 7.00. The van der Waals surface area contributed by atoms with Crippen LogP contribution in [0.4, 0.5) is 0 Å². The van der Waals surface area contributed by atoms with E-state index in [-0.39, 0.29) is 17.9 Å². The maximum Gasteiger partial charge on any atom is 0.310 e. The fourth-order valence-electron chi connectivity index (χ4n) is 2.87. The lowest BCUT2D eigenvalue weighted by atomic mass is 9.77. The third kappa shape index (κ3) is 3.03. The fourth-order valence-corrected chi connectivity index (χ4v) is 2.87. The van der Waals surface area contributed by atoms with E-state index in [0.29, 0.717) is 12.8 Å². The standard InChI is InChI=1S/C14H23NO3/c1-13(8-9-13)15-11(16)10-14(12(17)18)6-4-2-3-5-7-14/h2-10H2,1H3,(H,15,16)(H,17,18). The highest BCUT2D eigenvalue weighted by atomic mass is 16.4. The van der Waals surface area contributed by atoms with Gasteiger partial charge in [0.1, 0.15) is 0 Å². The molecule has 0 unspecified atom stereocenters. The molecule has 1 amide bonds. The number of amides is 1. The Morgan fingerprint density at radius 1 is 1.06 bits per heavy atom. The quantitative estimate of drug-likeness (QED) is 0.756. The SMILES string of the molecule is CC1(NC(=O)CC2(C(=O)O)CCCCCC2)CC1. The molecular weight excluding hydrogens is 230 g/mol. The molecule has 0 atom stereocenters. The Morgan fingerprint density at radius 2 is 1.61 bits per heavy atom. The highest BCUT2D eigenvalue weighted by molar-refractivity contribution is 5.85. The Bertz CT molecular complexity index is 339. The molecule has 0 saturated heterocycles. The highest BCUT2D eigenvalue weighted by Gasteiger charge is 2.44. The average molecular weight is 253 g/mol. The van der Waals surface area contributed by atoms with Crippen molar-refractivity contribution in [3.8, 4) is 0 Å². The summed E-state index contributed by atoms with van der Waals surface area (Å²) >= 11 is 0. The molecule has 2 saturated carbocycles. The monoisotopic (exact) mass is 253 g/mol. The van der Waals surface area contributed by atoms with Crippen molar-refractivity contribution in [2.45, 2.75) is 70.3 Å². The minimum atomic E-state index is -0.814. The molecule has 2 aliphatic carbocycles. The highest BCUT2D eigenvalue weighted by Crippen LogP contribution is 2.40. The second-order valence-electron chi connectivity index (χ2n) is 6.29. The van der Waals surface area contributed by atoms with E-state index >= 15 is 0 Å².